The van der Waals surface area contributed by atoms with Crippen LogP contribution >= 0.6 is 0 Å². The van der Waals surface area contributed by atoms with Crippen molar-refractivity contribution in [3.05, 3.63) is 59.7 Å². The fourth-order valence-electron chi connectivity index (χ4n) is 1.18. The van der Waals surface area contributed by atoms with Crippen LogP contribution in [0.3, 0.4) is 0 Å². The number of aromatic nitrogens is 2. The van der Waals surface area contributed by atoms with E-state index in [9.17, 15) is 0 Å². The van der Waals surface area contributed by atoms with Crippen LogP contribution in [0.15, 0.2) is 42.7 Å². The molecule has 0 N–H and O–H groups in total. The van der Waals surface area contributed by atoms with Gasteiger partial charge in [-0.25, -0.2) is 4.98 Å². The average molecular weight is 194 g/mol. The second-order valence-corrected chi connectivity index (χ2v) is 3.16. The van der Waals surface area contributed by atoms with Crippen molar-refractivity contribution in [2.75, 3.05) is 0 Å². The first-order chi connectivity index (χ1) is 7.34. The van der Waals surface area contributed by atoms with E-state index in [1.807, 2.05) is 37.3 Å². The van der Waals surface area contributed by atoms with E-state index < -0.39 is 0 Å². The van der Waals surface area contributed by atoms with Crippen LogP contribution < -0.4 is 0 Å². The van der Waals surface area contributed by atoms with Crippen LogP contribution in [0.5, 0.6) is 0 Å². The summed E-state index contributed by atoms with van der Waals surface area (Å²) in [6.07, 6.45) is 3.39. The zero-order chi connectivity index (χ0) is 10.5. The van der Waals surface area contributed by atoms with Crippen molar-refractivity contribution in [2.45, 2.75) is 6.92 Å². The fourth-order valence-corrected chi connectivity index (χ4v) is 1.18. The molecule has 15 heavy (non-hydrogen) atoms. The zero-order valence-electron chi connectivity index (χ0n) is 8.44. The average Bonchev–Trinajstić information content (AvgIpc) is 2.28. The van der Waals surface area contributed by atoms with Gasteiger partial charge in [0.1, 0.15) is 5.69 Å². The lowest BCUT2D eigenvalue weighted by atomic mass is 10.2. The topological polar surface area (TPSA) is 25.8 Å². The summed E-state index contributed by atoms with van der Waals surface area (Å²) in [5.74, 6) is 6.01. The molecule has 0 amide bonds. The number of nitrogens with zero attached hydrogens (tertiary/aromatic N) is 2. The van der Waals surface area contributed by atoms with E-state index in [1.54, 1.807) is 12.4 Å². The van der Waals surface area contributed by atoms with Crippen LogP contribution in [-0.2, 0) is 0 Å². The molecular weight excluding hydrogens is 184 g/mol. The lowest BCUT2D eigenvalue weighted by Crippen LogP contribution is -1.87. The van der Waals surface area contributed by atoms with Crippen LogP contribution in [0.1, 0.15) is 17.0 Å². The highest BCUT2D eigenvalue weighted by Crippen LogP contribution is 1.97. The highest BCUT2D eigenvalue weighted by Gasteiger charge is 1.89. The Balaban J connectivity index is 2.26. The summed E-state index contributed by atoms with van der Waals surface area (Å²) in [4.78, 5) is 8.28. The molecule has 0 saturated heterocycles. The summed E-state index contributed by atoms with van der Waals surface area (Å²) in [7, 11) is 0. The minimum atomic E-state index is 0.707. The Morgan fingerprint density at radius 3 is 2.53 bits per heavy atom. The molecule has 1 aromatic heterocycles. The predicted molar refractivity (Wildman–Crippen MR) is 59.2 cm³/mol. The molecular formula is C13H10N2. The molecule has 0 fully saturated rings. The maximum Gasteiger partial charge on any atom is 0.132 e. The first-order valence-corrected chi connectivity index (χ1v) is 4.70. The first kappa shape index (κ1) is 9.42. The quantitative estimate of drug-likeness (QED) is 0.601. The number of hydrogen-bond donors (Lipinski definition) is 0. The summed E-state index contributed by atoms with van der Waals surface area (Å²) < 4.78 is 0. The molecule has 0 aliphatic rings. The summed E-state index contributed by atoms with van der Waals surface area (Å²) in [5, 5.41) is 0. The maximum absolute atomic E-state index is 4.25. The minimum absolute atomic E-state index is 0.707. The van der Waals surface area contributed by atoms with E-state index >= 15 is 0 Å². The second kappa shape index (κ2) is 4.39. The van der Waals surface area contributed by atoms with Crippen molar-refractivity contribution in [3.8, 4) is 11.8 Å². The van der Waals surface area contributed by atoms with E-state index in [4.69, 9.17) is 0 Å². The van der Waals surface area contributed by atoms with Crippen molar-refractivity contribution in [1.82, 2.24) is 9.97 Å². The number of aryl methyl sites for hydroxylation is 1. The second-order valence-electron chi connectivity index (χ2n) is 3.16. The normalized spacial score (nSPS) is 9.13. The van der Waals surface area contributed by atoms with Gasteiger partial charge in [0.25, 0.3) is 0 Å². The van der Waals surface area contributed by atoms with E-state index in [2.05, 4.69) is 21.8 Å². The van der Waals surface area contributed by atoms with E-state index in [0.717, 1.165) is 11.3 Å². The van der Waals surface area contributed by atoms with Gasteiger partial charge >= 0.3 is 0 Å². The van der Waals surface area contributed by atoms with Crippen molar-refractivity contribution in [3.63, 3.8) is 0 Å². The molecule has 0 saturated carbocycles. The largest absolute Gasteiger partial charge is 0.260 e. The van der Waals surface area contributed by atoms with E-state index in [-0.39, 0.29) is 0 Å². The standard InChI is InChI=1S/C13H10N2/c1-11-9-14-10-13(15-11)8-7-12-5-3-2-4-6-12/h2-6,9-10H,1H3. The van der Waals surface area contributed by atoms with Gasteiger partial charge in [-0.1, -0.05) is 24.1 Å². The molecule has 1 aromatic carbocycles. The number of hydrogen-bond acceptors (Lipinski definition) is 2. The highest BCUT2D eigenvalue weighted by molar-refractivity contribution is 5.39. The first-order valence-electron chi connectivity index (χ1n) is 4.70. The monoisotopic (exact) mass is 194 g/mol. The van der Waals surface area contributed by atoms with Gasteiger partial charge in [-0.3, -0.25) is 4.98 Å². The summed E-state index contributed by atoms with van der Waals surface area (Å²) in [6.45, 7) is 1.90. The Labute approximate surface area is 89.0 Å². The maximum atomic E-state index is 4.25. The van der Waals surface area contributed by atoms with Gasteiger partial charge in [0.15, 0.2) is 0 Å². The lowest BCUT2D eigenvalue weighted by Gasteiger charge is -1.91. The van der Waals surface area contributed by atoms with Crippen LogP contribution in [0, 0.1) is 18.8 Å². The van der Waals surface area contributed by atoms with Gasteiger partial charge in [-0.2, -0.15) is 0 Å². The van der Waals surface area contributed by atoms with Gasteiger partial charge in [-0.05, 0) is 25.0 Å². The van der Waals surface area contributed by atoms with Gasteiger partial charge in [-0.15, -0.1) is 0 Å². The van der Waals surface area contributed by atoms with Crippen molar-refractivity contribution >= 4 is 0 Å². The molecule has 0 aliphatic carbocycles. The van der Waals surface area contributed by atoms with E-state index in [0.29, 0.717) is 5.69 Å². The molecule has 2 nitrogen and oxygen atoms in total. The molecule has 1 heterocycles. The molecule has 72 valence electrons. The molecule has 0 spiro atoms. The highest BCUT2D eigenvalue weighted by atomic mass is 14.8. The Morgan fingerprint density at radius 2 is 1.80 bits per heavy atom. The molecule has 0 atom stereocenters. The lowest BCUT2D eigenvalue weighted by molar-refractivity contribution is 1.10. The minimum Gasteiger partial charge on any atom is -0.260 e. The molecule has 2 aromatic rings. The van der Waals surface area contributed by atoms with Gasteiger partial charge in [0.2, 0.25) is 0 Å². The van der Waals surface area contributed by atoms with Gasteiger partial charge in [0.05, 0.1) is 11.9 Å². The SMILES string of the molecule is Cc1cncc(C#Cc2ccccc2)n1. The summed E-state index contributed by atoms with van der Waals surface area (Å²) >= 11 is 0. The predicted octanol–water partition coefficient (Wildman–Crippen LogP) is 2.18. The molecule has 2 heteroatoms. The molecule has 0 radical (unpaired) electrons. The molecule has 0 unspecified atom stereocenters. The van der Waals surface area contributed by atoms with Gasteiger partial charge < -0.3 is 0 Å². The Bertz CT molecular complexity index is 507. The third kappa shape index (κ3) is 2.65. The molecule has 0 aliphatic heterocycles. The van der Waals surface area contributed by atoms with Crippen molar-refractivity contribution in [1.29, 1.82) is 0 Å². The fraction of sp³-hybridized carbons (Fsp3) is 0.0769. The van der Waals surface area contributed by atoms with Gasteiger partial charge in [0, 0.05) is 11.8 Å². The summed E-state index contributed by atoms with van der Waals surface area (Å²) in [6, 6.07) is 9.84. The Kier molecular flexibility index (Phi) is 2.75. The van der Waals surface area contributed by atoms with Crippen LogP contribution in [0.2, 0.25) is 0 Å². The van der Waals surface area contributed by atoms with Crippen LogP contribution in [-0.4, -0.2) is 9.97 Å². The van der Waals surface area contributed by atoms with Crippen molar-refractivity contribution in [2.24, 2.45) is 0 Å². The Hall–Kier alpha value is -2.14. The number of rotatable bonds is 0. The number of benzene rings is 1. The van der Waals surface area contributed by atoms with Crippen LogP contribution in [0.25, 0.3) is 0 Å². The van der Waals surface area contributed by atoms with E-state index in [1.165, 1.54) is 0 Å². The smallest absolute Gasteiger partial charge is 0.132 e. The Morgan fingerprint density at radius 1 is 1.00 bits per heavy atom. The third-order valence-corrected chi connectivity index (χ3v) is 1.86. The third-order valence-electron chi connectivity index (χ3n) is 1.86. The van der Waals surface area contributed by atoms with Crippen molar-refractivity contribution < 1.29 is 0 Å². The van der Waals surface area contributed by atoms with Crippen LogP contribution in [0.4, 0.5) is 0 Å². The summed E-state index contributed by atoms with van der Waals surface area (Å²) in [5.41, 5.74) is 2.58. The molecule has 2 rings (SSSR count). The molecule has 0 bridgehead atoms. The zero-order valence-corrected chi connectivity index (χ0v) is 8.44.